The van der Waals surface area contributed by atoms with Crippen LogP contribution in [0.1, 0.15) is 19.3 Å². The van der Waals surface area contributed by atoms with Crippen LogP contribution in [0.15, 0.2) is 47.9 Å². The first-order valence-corrected chi connectivity index (χ1v) is 7.69. The van der Waals surface area contributed by atoms with E-state index in [1.165, 1.54) is 0 Å². The highest BCUT2D eigenvalue weighted by Crippen LogP contribution is 2.29. The van der Waals surface area contributed by atoms with E-state index in [4.69, 9.17) is 4.74 Å². The van der Waals surface area contributed by atoms with Crippen molar-refractivity contribution in [3.05, 3.63) is 43.0 Å². The Labute approximate surface area is 113 Å². The molecule has 2 unspecified atom stereocenters. The van der Waals surface area contributed by atoms with Gasteiger partial charge in [-0.25, -0.2) is 8.42 Å². The summed E-state index contributed by atoms with van der Waals surface area (Å²) in [5.74, 6) is -0.341. The molecule has 0 saturated carbocycles. The minimum atomic E-state index is -3.48. The van der Waals surface area contributed by atoms with Crippen molar-refractivity contribution in [3.63, 3.8) is 0 Å². The molecule has 1 heterocycles. The van der Waals surface area contributed by atoms with Gasteiger partial charge in [0, 0.05) is 12.8 Å². The zero-order valence-electron chi connectivity index (χ0n) is 10.5. The summed E-state index contributed by atoms with van der Waals surface area (Å²) < 4.78 is 30.3. The largest absolute Gasteiger partial charge is 0.461 e. The summed E-state index contributed by atoms with van der Waals surface area (Å²) in [7, 11) is -3.48. The van der Waals surface area contributed by atoms with E-state index in [1.807, 2.05) is 0 Å². The molecule has 0 amide bonds. The van der Waals surface area contributed by atoms with Gasteiger partial charge in [-0.3, -0.25) is 4.79 Å². The number of carbonyl (C=O) groups excluding carboxylic acids is 1. The normalized spacial score (nSPS) is 23.7. The van der Waals surface area contributed by atoms with Crippen LogP contribution in [0.25, 0.3) is 0 Å². The third-order valence-corrected chi connectivity index (χ3v) is 5.47. The predicted octanol–water partition coefficient (Wildman–Crippen LogP) is 2.11. The van der Waals surface area contributed by atoms with E-state index in [2.05, 4.69) is 6.58 Å². The van der Waals surface area contributed by atoms with Crippen LogP contribution in [0.4, 0.5) is 0 Å². The highest BCUT2D eigenvalue weighted by molar-refractivity contribution is 7.92. The zero-order chi connectivity index (χ0) is 13.9. The first kappa shape index (κ1) is 13.8. The van der Waals surface area contributed by atoms with Crippen LogP contribution >= 0.6 is 0 Å². The maximum absolute atomic E-state index is 12.6. The number of cyclic esters (lactones) is 1. The maximum Gasteiger partial charge on any atom is 0.306 e. The Hall–Kier alpha value is -1.62. The summed E-state index contributed by atoms with van der Waals surface area (Å²) in [6.07, 6.45) is 1.74. The monoisotopic (exact) mass is 280 g/mol. The number of ether oxygens (including phenoxy) is 1. The molecule has 2 atom stereocenters. The van der Waals surface area contributed by atoms with Gasteiger partial charge in [-0.2, -0.15) is 0 Å². The molecule has 0 bridgehead atoms. The average molecular weight is 280 g/mol. The smallest absolute Gasteiger partial charge is 0.306 e. The fraction of sp³-hybridized carbons (Fsp3) is 0.357. The molecule has 1 aromatic rings. The molecule has 0 N–H and O–H groups in total. The zero-order valence-corrected chi connectivity index (χ0v) is 11.3. The third kappa shape index (κ3) is 2.87. The highest BCUT2D eigenvalue weighted by atomic mass is 32.2. The molecule has 0 spiro atoms. The molecule has 5 heteroatoms. The Balaban J connectivity index is 2.33. The van der Waals surface area contributed by atoms with Gasteiger partial charge in [-0.15, -0.1) is 6.58 Å². The van der Waals surface area contributed by atoms with Gasteiger partial charge in [-0.05, 0) is 18.6 Å². The number of carbonyl (C=O) groups is 1. The van der Waals surface area contributed by atoms with Crippen molar-refractivity contribution in [2.45, 2.75) is 35.5 Å². The van der Waals surface area contributed by atoms with E-state index in [1.54, 1.807) is 36.4 Å². The minimum Gasteiger partial charge on any atom is -0.461 e. The van der Waals surface area contributed by atoms with Crippen molar-refractivity contribution < 1.29 is 17.9 Å². The summed E-state index contributed by atoms with van der Waals surface area (Å²) in [6.45, 7) is 3.58. The second-order valence-electron chi connectivity index (χ2n) is 4.49. The fourth-order valence-electron chi connectivity index (χ4n) is 2.25. The van der Waals surface area contributed by atoms with Crippen molar-refractivity contribution >= 4 is 15.8 Å². The van der Waals surface area contributed by atoms with Crippen molar-refractivity contribution in [1.29, 1.82) is 0 Å². The Kier molecular flexibility index (Phi) is 4.04. The second-order valence-corrected chi connectivity index (χ2v) is 6.65. The van der Waals surface area contributed by atoms with Gasteiger partial charge >= 0.3 is 5.97 Å². The molecule has 1 saturated heterocycles. The molecular weight excluding hydrogens is 264 g/mol. The van der Waals surface area contributed by atoms with Crippen LogP contribution in [0.5, 0.6) is 0 Å². The minimum absolute atomic E-state index is 0.143. The topological polar surface area (TPSA) is 60.4 Å². The highest BCUT2D eigenvalue weighted by Gasteiger charge is 2.39. The molecule has 102 valence electrons. The van der Waals surface area contributed by atoms with E-state index >= 15 is 0 Å². The molecule has 2 rings (SSSR count). The standard InChI is InChI=1S/C14H16O4S/c1-2-6-12-13(9-10-14(15)18-12)19(16,17)11-7-4-3-5-8-11/h2-5,7-8,12-13H,1,6,9-10H2. The summed E-state index contributed by atoms with van der Waals surface area (Å²) in [5.41, 5.74) is 0. The van der Waals surface area contributed by atoms with Gasteiger partial charge < -0.3 is 4.74 Å². The Morgan fingerprint density at radius 3 is 2.63 bits per heavy atom. The van der Waals surface area contributed by atoms with Crippen molar-refractivity contribution in [2.24, 2.45) is 0 Å². The SMILES string of the molecule is C=CCC1OC(=O)CCC1S(=O)(=O)c1ccccc1. The van der Waals surface area contributed by atoms with Gasteiger partial charge in [0.05, 0.1) is 4.90 Å². The van der Waals surface area contributed by atoms with Crippen molar-refractivity contribution in [1.82, 2.24) is 0 Å². The molecule has 0 radical (unpaired) electrons. The van der Waals surface area contributed by atoms with Gasteiger partial charge in [0.1, 0.15) is 11.4 Å². The fourth-order valence-corrected chi connectivity index (χ4v) is 4.13. The summed E-state index contributed by atoms with van der Waals surface area (Å²) in [6, 6.07) is 8.27. The Morgan fingerprint density at radius 2 is 2.00 bits per heavy atom. The lowest BCUT2D eigenvalue weighted by Gasteiger charge is -2.30. The quantitative estimate of drug-likeness (QED) is 0.626. The number of rotatable bonds is 4. The Morgan fingerprint density at radius 1 is 1.32 bits per heavy atom. The lowest BCUT2D eigenvalue weighted by molar-refractivity contribution is -0.152. The van der Waals surface area contributed by atoms with Gasteiger partial charge in [0.15, 0.2) is 9.84 Å². The number of hydrogen-bond acceptors (Lipinski definition) is 4. The van der Waals surface area contributed by atoms with Crippen LogP contribution in [0, 0.1) is 0 Å². The predicted molar refractivity (Wildman–Crippen MR) is 71.3 cm³/mol. The third-order valence-electron chi connectivity index (χ3n) is 3.20. The van der Waals surface area contributed by atoms with Crippen LogP contribution < -0.4 is 0 Å². The first-order valence-electron chi connectivity index (χ1n) is 6.15. The number of hydrogen-bond donors (Lipinski definition) is 0. The molecule has 1 aliphatic rings. The lowest BCUT2D eigenvalue weighted by atomic mass is 10.1. The molecule has 1 aliphatic heterocycles. The molecule has 1 aromatic carbocycles. The second kappa shape index (κ2) is 5.57. The molecular formula is C14H16O4S. The first-order chi connectivity index (χ1) is 9.05. The van der Waals surface area contributed by atoms with E-state index in [-0.39, 0.29) is 17.3 Å². The van der Waals surface area contributed by atoms with E-state index in [0.29, 0.717) is 12.8 Å². The Bertz CT molecular complexity index is 562. The van der Waals surface area contributed by atoms with Crippen LogP contribution in [-0.2, 0) is 19.4 Å². The summed E-state index contributed by atoms with van der Waals surface area (Å²) in [4.78, 5) is 11.6. The summed E-state index contributed by atoms with van der Waals surface area (Å²) in [5, 5.41) is -0.689. The van der Waals surface area contributed by atoms with Crippen LogP contribution in [0.2, 0.25) is 0 Å². The van der Waals surface area contributed by atoms with E-state index in [9.17, 15) is 13.2 Å². The lowest BCUT2D eigenvalue weighted by Crippen LogP contribution is -2.41. The van der Waals surface area contributed by atoms with Crippen LogP contribution in [-0.4, -0.2) is 25.7 Å². The van der Waals surface area contributed by atoms with Gasteiger partial charge in [0.2, 0.25) is 0 Å². The van der Waals surface area contributed by atoms with Gasteiger partial charge in [0.25, 0.3) is 0 Å². The molecule has 0 aromatic heterocycles. The van der Waals surface area contributed by atoms with E-state index in [0.717, 1.165) is 0 Å². The molecule has 4 nitrogen and oxygen atoms in total. The van der Waals surface area contributed by atoms with Crippen molar-refractivity contribution in [3.8, 4) is 0 Å². The number of esters is 1. The van der Waals surface area contributed by atoms with Crippen LogP contribution in [0.3, 0.4) is 0 Å². The van der Waals surface area contributed by atoms with E-state index < -0.39 is 21.2 Å². The van der Waals surface area contributed by atoms with Gasteiger partial charge in [-0.1, -0.05) is 24.3 Å². The number of sulfone groups is 1. The average Bonchev–Trinajstić information content (AvgIpc) is 2.40. The molecule has 1 fully saturated rings. The molecule has 19 heavy (non-hydrogen) atoms. The summed E-state index contributed by atoms with van der Waals surface area (Å²) >= 11 is 0. The number of benzene rings is 1. The molecule has 0 aliphatic carbocycles. The maximum atomic E-state index is 12.6. The van der Waals surface area contributed by atoms with Crippen molar-refractivity contribution in [2.75, 3.05) is 0 Å².